The lowest BCUT2D eigenvalue weighted by atomic mass is 9.96. The van der Waals surface area contributed by atoms with Crippen LogP contribution >= 0.6 is 15.9 Å². The van der Waals surface area contributed by atoms with Gasteiger partial charge in [-0.05, 0) is 31.2 Å². The number of anilines is 1. The summed E-state index contributed by atoms with van der Waals surface area (Å²) in [6.07, 6.45) is 0. The zero-order valence-corrected chi connectivity index (χ0v) is 14.4. The molecule has 2 rings (SSSR count). The molecule has 0 bridgehead atoms. The van der Waals surface area contributed by atoms with Gasteiger partial charge in [-0.2, -0.15) is 4.98 Å². The summed E-state index contributed by atoms with van der Waals surface area (Å²) in [6.45, 7) is 9.09. The smallest absolute Gasteiger partial charge is 0.224 e. The number of ether oxygens (including phenoxy) is 1. The highest BCUT2D eigenvalue weighted by Crippen LogP contribution is 2.27. The van der Waals surface area contributed by atoms with Crippen molar-refractivity contribution in [2.24, 2.45) is 0 Å². The molecule has 0 aliphatic heterocycles. The van der Waals surface area contributed by atoms with Gasteiger partial charge >= 0.3 is 0 Å². The van der Waals surface area contributed by atoms with Crippen molar-refractivity contribution in [1.82, 2.24) is 9.97 Å². The van der Waals surface area contributed by atoms with E-state index in [4.69, 9.17) is 4.74 Å². The highest BCUT2D eigenvalue weighted by molar-refractivity contribution is 9.10. The molecule has 0 amide bonds. The van der Waals surface area contributed by atoms with Crippen LogP contribution < -0.4 is 10.1 Å². The molecule has 0 unspecified atom stereocenters. The molecule has 0 radical (unpaired) electrons. The Morgan fingerprint density at radius 1 is 1.14 bits per heavy atom. The molecular formula is C16H20BrN3O. The van der Waals surface area contributed by atoms with E-state index in [1.165, 1.54) is 0 Å². The van der Waals surface area contributed by atoms with Crippen LogP contribution in [0.5, 0.6) is 11.6 Å². The summed E-state index contributed by atoms with van der Waals surface area (Å²) in [6, 6.07) is 9.49. The monoisotopic (exact) mass is 349 g/mol. The van der Waals surface area contributed by atoms with Gasteiger partial charge < -0.3 is 10.1 Å². The summed E-state index contributed by atoms with van der Waals surface area (Å²) in [5.41, 5.74) is -0.136. The van der Waals surface area contributed by atoms with Crippen LogP contribution in [0.25, 0.3) is 0 Å². The predicted octanol–water partition coefficient (Wildman–Crippen LogP) is 4.76. The Balaban J connectivity index is 2.33. The summed E-state index contributed by atoms with van der Waals surface area (Å²) in [5.74, 6) is 2.84. The summed E-state index contributed by atoms with van der Waals surface area (Å²) in [4.78, 5) is 9.06. The number of rotatable bonds is 4. The van der Waals surface area contributed by atoms with Crippen molar-refractivity contribution in [3.63, 3.8) is 0 Å². The molecule has 0 fully saturated rings. The first kappa shape index (κ1) is 15.8. The minimum atomic E-state index is -0.136. The first-order valence-electron chi connectivity index (χ1n) is 6.95. The number of halogens is 1. The van der Waals surface area contributed by atoms with Crippen LogP contribution in [0.1, 0.15) is 33.5 Å². The quantitative estimate of drug-likeness (QED) is 0.864. The van der Waals surface area contributed by atoms with Crippen LogP contribution in [0.15, 0.2) is 34.8 Å². The molecule has 1 aromatic heterocycles. The molecule has 5 heteroatoms. The second kappa shape index (κ2) is 6.43. The SMILES string of the molecule is CCNc1cc(Oc2ccc(Br)cc2)nc(C(C)(C)C)n1. The molecule has 0 saturated carbocycles. The second-order valence-electron chi connectivity index (χ2n) is 5.75. The van der Waals surface area contributed by atoms with Crippen molar-refractivity contribution in [2.45, 2.75) is 33.1 Å². The molecule has 1 aromatic carbocycles. The van der Waals surface area contributed by atoms with Gasteiger partial charge in [-0.3, -0.25) is 0 Å². The third-order valence-corrected chi connectivity index (χ3v) is 3.30. The Morgan fingerprint density at radius 2 is 1.81 bits per heavy atom. The third kappa shape index (κ3) is 4.43. The lowest BCUT2D eigenvalue weighted by Gasteiger charge is -2.18. The second-order valence-corrected chi connectivity index (χ2v) is 6.67. The van der Waals surface area contributed by atoms with E-state index in [1.807, 2.05) is 37.3 Å². The van der Waals surface area contributed by atoms with E-state index in [1.54, 1.807) is 0 Å². The van der Waals surface area contributed by atoms with Crippen LogP contribution in [0.2, 0.25) is 0 Å². The van der Waals surface area contributed by atoms with Crippen molar-refractivity contribution in [1.29, 1.82) is 0 Å². The van der Waals surface area contributed by atoms with E-state index >= 15 is 0 Å². The van der Waals surface area contributed by atoms with Crippen molar-refractivity contribution in [3.8, 4) is 11.6 Å². The average molecular weight is 350 g/mol. The number of nitrogens with zero attached hydrogens (tertiary/aromatic N) is 2. The topological polar surface area (TPSA) is 47.0 Å². The molecule has 0 aliphatic carbocycles. The highest BCUT2D eigenvalue weighted by atomic mass is 79.9. The van der Waals surface area contributed by atoms with E-state index in [2.05, 4.69) is 52.0 Å². The fourth-order valence-corrected chi connectivity index (χ4v) is 1.97. The van der Waals surface area contributed by atoms with Gasteiger partial charge in [0.25, 0.3) is 0 Å². The maximum Gasteiger partial charge on any atom is 0.224 e. The Kier molecular flexibility index (Phi) is 4.83. The highest BCUT2D eigenvalue weighted by Gasteiger charge is 2.19. The minimum Gasteiger partial charge on any atom is -0.439 e. The fourth-order valence-electron chi connectivity index (χ4n) is 1.71. The zero-order chi connectivity index (χ0) is 15.5. The molecule has 112 valence electrons. The average Bonchev–Trinajstić information content (AvgIpc) is 2.41. The summed E-state index contributed by atoms with van der Waals surface area (Å²) in [7, 11) is 0. The lowest BCUT2D eigenvalue weighted by Crippen LogP contribution is -2.17. The van der Waals surface area contributed by atoms with Gasteiger partial charge in [0.05, 0.1) is 0 Å². The van der Waals surface area contributed by atoms with Crippen molar-refractivity contribution in [2.75, 3.05) is 11.9 Å². The number of hydrogen-bond acceptors (Lipinski definition) is 4. The van der Waals surface area contributed by atoms with Crippen molar-refractivity contribution >= 4 is 21.7 Å². The molecule has 4 nitrogen and oxygen atoms in total. The number of hydrogen-bond donors (Lipinski definition) is 1. The summed E-state index contributed by atoms with van der Waals surface area (Å²) < 4.78 is 6.86. The van der Waals surface area contributed by atoms with E-state index in [9.17, 15) is 0 Å². The third-order valence-electron chi connectivity index (χ3n) is 2.77. The van der Waals surface area contributed by atoms with Gasteiger partial charge in [0.1, 0.15) is 17.4 Å². The summed E-state index contributed by atoms with van der Waals surface area (Å²) >= 11 is 3.41. The Bertz CT molecular complexity index is 606. The first-order chi connectivity index (χ1) is 9.88. The Morgan fingerprint density at radius 3 is 2.38 bits per heavy atom. The number of nitrogens with one attached hydrogen (secondary N) is 1. The molecule has 1 heterocycles. The molecular weight excluding hydrogens is 330 g/mol. The molecule has 0 saturated heterocycles. The minimum absolute atomic E-state index is 0.136. The van der Waals surface area contributed by atoms with Gasteiger partial charge in [0.15, 0.2) is 0 Å². The lowest BCUT2D eigenvalue weighted by molar-refractivity contribution is 0.446. The van der Waals surface area contributed by atoms with E-state index < -0.39 is 0 Å². The van der Waals surface area contributed by atoms with Crippen LogP contribution in [-0.2, 0) is 5.41 Å². The fraction of sp³-hybridized carbons (Fsp3) is 0.375. The maximum atomic E-state index is 5.84. The van der Waals surface area contributed by atoms with E-state index in [-0.39, 0.29) is 5.41 Å². The van der Waals surface area contributed by atoms with Crippen molar-refractivity contribution in [3.05, 3.63) is 40.6 Å². The van der Waals surface area contributed by atoms with Gasteiger partial charge in [-0.1, -0.05) is 36.7 Å². The van der Waals surface area contributed by atoms with Crippen LogP contribution in [-0.4, -0.2) is 16.5 Å². The largest absolute Gasteiger partial charge is 0.439 e. The maximum absolute atomic E-state index is 5.84. The van der Waals surface area contributed by atoms with Crippen molar-refractivity contribution < 1.29 is 4.74 Å². The van der Waals surface area contributed by atoms with E-state index in [0.717, 1.165) is 28.4 Å². The first-order valence-corrected chi connectivity index (χ1v) is 7.74. The molecule has 21 heavy (non-hydrogen) atoms. The Hall–Kier alpha value is -1.62. The number of aromatic nitrogens is 2. The van der Waals surface area contributed by atoms with E-state index in [0.29, 0.717) is 5.88 Å². The molecule has 2 aromatic rings. The summed E-state index contributed by atoms with van der Waals surface area (Å²) in [5, 5.41) is 3.22. The van der Waals surface area contributed by atoms with Crippen LogP contribution in [0.4, 0.5) is 5.82 Å². The van der Waals surface area contributed by atoms with Crippen LogP contribution in [0.3, 0.4) is 0 Å². The molecule has 0 aliphatic rings. The zero-order valence-electron chi connectivity index (χ0n) is 12.8. The standard InChI is InChI=1S/C16H20BrN3O/c1-5-18-13-10-14(20-15(19-13)16(2,3)4)21-12-8-6-11(17)7-9-12/h6-10H,5H2,1-4H3,(H,18,19,20). The Labute approximate surface area is 134 Å². The van der Waals surface area contributed by atoms with Gasteiger partial charge in [0, 0.05) is 22.5 Å². The molecule has 0 spiro atoms. The van der Waals surface area contributed by atoms with Gasteiger partial charge in [-0.25, -0.2) is 4.98 Å². The number of benzene rings is 1. The predicted molar refractivity (Wildman–Crippen MR) is 89.1 cm³/mol. The normalized spacial score (nSPS) is 11.3. The van der Waals surface area contributed by atoms with Gasteiger partial charge in [0.2, 0.25) is 5.88 Å². The molecule has 1 N–H and O–H groups in total. The van der Waals surface area contributed by atoms with Crippen LogP contribution in [0, 0.1) is 0 Å². The molecule has 0 atom stereocenters. The van der Waals surface area contributed by atoms with Gasteiger partial charge in [-0.15, -0.1) is 0 Å².